The number of aromatic hydroxyl groups is 2. The van der Waals surface area contributed by atoms with Gasteiger partial charge in [-0.1, -0.05) is 34.6 Å². The minimum atomic E-state index is -1.16. The van der Waals surface area contributed by atoms with Gasteiger partial charge in [0, 0.05) is 34.4 Å². The number of rotatable bonds is 11. The van der Waals surface area contributed by atoms with Gasteiger partial charge in [0.25, 0.3) is 5.91 Å². The Kier molecular flexibility index (Phi) is 10.3. The fraction of sp³-hybridized carbons (Fsp3) is 0.700. The summed E-state index contributed by atoms with van der Waals surface area (Å²) in [5, 5.41) is 22.0. The zero-order valence-electron chi connectivity index (χ0n) is 24.7. The van der Waals surface area contributed by atoms with Gasteiger partial charge in [0.05, 0.1) is 6.10 Å². The topological polar surface area (TPSA) is 133 Å². The molecule has 1 aromatic carbocycles. The van der Waals surface area contributed by atoms with E-state index in [1.54, 1.807) is 6.92 Å². The van der Waals surface area contributed by atoms with Crippen molar-refractivity contribution in [3.63, 3.8) is 0 Å². The average Bonchev–Trinajstić information content (AvgIpc) is 3.46. The Balaban J connectivity index is 1.69. The normalized spacial score (nSPS) is 23.8. The molecule has 5 atom stereocenters. The fourth-order valence-electron chi connectivity index (χ4n) is 5.94. The summed E-state index contributed by atoms with van der Waals surface area (Å²) in [5.74, 6) is -1.23. The lowest BCUT2D eigenvalue weighted by Gasteiger charge is -2.40. The van der Waals surface area contributed by atoms with E-state index in [4.69, 9.17) is 4.74 Å². The van der Waals surface area contributed by atoms with Crippen LogP contribution in [-0.4, -0.2) is 73.3 Å². The minimum absolute atomic E-state index is 0.0638. The highest BCUT2D eigenvalue weighted by Crippen LogP contribution is 2.57. The molecule has 2 aliphatic rings. The van der Waals surface area contributed by atoms with Crippen LogP contribution in [0, 0.1) is 16.7 Å². The molecule has 1 saturated heterocycles. The summed E-state index contributed by atoms with van der Waals surface area (Å²) >= 11 is 0. The molecule has 5 unspecified atom stereocenters. The van der Waals surface area contributed by atoms with E-state index in [1.165, 1.54) is 17.0 Å². The zero-order chi connectivity index (χ0) is 29.8. The van der Waals surface area contributed by atoms with Crippen molar-refractivity contribution in [3.8, 4) is 11.5 Å². The maximum Gasteiger partial charge on any atom is 0.329 e. The van der Waals surface area contributed by atoms with Crippen molar-refractivity contribution in [1.82, 2.24) is 10.2 Å². The van der Waals surface area contributed by atoms with E-state index in [2.05, 4.69) is 33.0 Å². The van der Waals surface area contributed by atoms with Gasteiger partial charge in [-0.05, 0) is 80.4 Å². The summed E-state index contributed by atoms with van der Waals surface area (Å²) in [7, 11) is -1.16. The molecule has 3 N–H and O–H groups in total. The third-order valence-electron chi connectivity index (χ3n) is 9.42. The number of phenols is 2. The van der Waals surface area contributed by atoms with Crippen LogP contribution in [0.4, 0.5) is 0 Å². The molecule has 1 aliphatic carbocycles. The molecule has 1 saturated carbocycles. The number of hydrogen-bond donors (Lipinski definition) is 3. The number of nitrogens with zero attached hydrogens (tertiary/aromatic N) is 1. The van der Waals surface area contributed by atoms with E-state index >= 15 is 0 Å². The lowest BCUT2D eigenvalue weighted by Crippen LogP contribution is -2.52. The number of hydrogen-bond acceptors (Lipinski definition) is 7. The van der Waals surface area contributed by atoms with E-state index in [-0.39, 0.29) is 40.4 Å². The van der Waals surface area contributed by atoms with Crippen LogP contribution in [0.3, 0.4) is 0 Å². The summed E-state index contributed by atoms with van der Waals surface area (Å²) < 4.78 is 18.0. The smallest absolute Gasteiger partial charge is 0.329 e. The summed E-state index contributed by atoms with van der Waals surface area (Å²) in [4.78, 5) is 41.4. The van der Waals surface area contributed by atoms with Gasteiger partial charge in [0.15, 0.2) is 11.5 Å². The fourth-order valence-corrected chi connectivity index (χ4v) is 6.73. The Bertz CT molecular complexity index is 1120. The van der Waals surface area contributed by atoms with Crippen LogP contribution in [0.2, 0.25) is 0 Å². The highest BCUT2D eigenvalue weighted by atomic mass is 32.2. The third kappa shape index (κ3) is 7.17. The quantitative estimate of drug-likeness (QED) is 0.266. The molecule has 0 bridgehead atoms. The van der Waals surface area contributed by atoms with Gasteiger partial charge >= 0.3 is 5.97 Å². The number of amides is 2. The average molecular weight is 579 g/mol. The van der Waals surface area contributed by atoms with Gasteiger partial charge in [-0.15, -0.1) is 0 Å². The molecule has 0 aromatic heterocycles. The summed E-state index contributed by atoms with van der Waals surface area (Å²) in [5.41, 5.74) is 0.408. The largest absolute Gasteiger partial charge is 0.504 e. The molecule has 1 aromatic rings. The Labute approximate surface area is 240 Å². The number of carbonyl (C=O) groups is 3. The van der Waals surface area contributed by atoms with E-state index in [0.29, 0.717) is 31.1 Å². The number of nitrogens with one attached hydrogen (secondary N) is 1. The predicted octanol–water partition coefficient (Wildman–Crippen LogP) is 4.13. The molecular formula is C30H46N2O7S. The van der Waals surface area contributed by atoms with Gasteiger partial charge in [-0.2, -0.15) is 0 Å². The van der Waals surface area contributed by atoms with Crippen LogP contribution in [0.1, 0.15) is 90.4 Å². The monoisotopic (exact) mass is 578 g/mol. The van der Waals surface area contributed by atoms with Crippen molar-refractivity contribution >= 4 is 28.6 Å². The summed E-state index contributed by atoms with van der Waals surface area (Å²) in [6.07, 6.45) is 3.96. The molecule has 9 nitrogen and oxygen atoms in total. The van der Waals surface area contributed by atoms with Crippen LogP contribution in [-0.2, 0) is 25.1 Å². The van der Waals surface area contributed by atoms with Crippen molar-refractivity contribution in [2.24, 2.45) is 16.7 Å². The van der Waals surface area contributed by atoms with Crippen LogP contribution in [0.15, 0.2) is 18.2 Å². The second kappa shape index (κ2) is 12.9. The van der Waals surface area contributed by atoms with Crippen LogP contribution in [0.25, 0.3) is 0 Å². The maximum atomic E-state index is 13.7. The van der Waals surface area contributed by atoms with Crippen LogP contribution < -0.4 is 5.32 Å². The van der Waals surface area contributed by atoms with Crippen molar-refractivity contribution < 1.29 is 33.5 Å². The first kappa shape index (κ1) is 31.9. The van der Waals surface area contributed by atoms with Crippen LogP contribution >= 0.6 is 0 Å². The van der Waals surface area contributed by atoms with Crippen molar-refractivity contribution in [2.45, 2.75) is 98.3 Å². The molecule has 0 spiro atoms. The first-order chi connectivity index (χ1) is 18.7. The molecular weight excluding hydrogens is 532 g/mol. The number of carbonyl (C=O) groups excluding carboxylic acids is 3. The van der Waals surface area contributed by atoms with Crippen molar-refractivity contribution in [1.29, 1.82) is 0 Å². The van der Waals surface area contributed by atoms with Gasteiger partial charge < -0.3 is 25.2 Å². The van der Waals surface area contributed by atoms with Crippen molar-refractivity contribution in [3.05, 3.63) is 23.8 Å². The van der Waals surface area contributed by atoms with Gasteiger partial charge in [0.2, 0.25) is 5.91 Å². The molecule has 2 fully saturated rings. The summed E-state index contributed by atoms with van der Waals surface area (Å²) in [6.45, 7) is 13.2. The second-order valence-corrected chi connectivity index (χ2v) is 14.3. The Morgan fingerprint density at radius 2 is 1.85 bits per heavy atom. The van der Waals surface area contributed by atoms with Crippen molar-refractivity contribution in [2.75, 3.05) is 18.1 Å². The Hall–Kier alpha value is -2.62. The maximum absolute atomic E-state index is 13.7. The summed E-state index contributed by atoms with van der Waals surface area (Å²) in [6, 6.07) is 1.89. The molecule has 0 radical (unpaired) electrons. The predicted molar refractivity (Wildman–Crippen MR) is 154 cm³/mol. The number of phenolic OH excluding ortho intramolecular Hbond substituents is 2. The van der Waals surface area contributed by atoms with E-state index < -0.39 is 46.4 Å². The first-order valence-electron chi connectivity index (χ1n) is 14.4. The number of benzene rings is 1. The van der Waals surface area contributed by atoms with Gasteiger partial charge in [0.1, 0.15) is 12.1 Å². The molecule has 1 aliphatic heterocycles. The highest BCUT2D eigenvalue weighted by molar-refractivity contribution is 7.84. The van der Waals surface area contributed by atoms with Gasteiger partial charge in [-0.3, -0.25) is 13.8 Å². The number of esters is 1. The standard InChI is InChI=1S/C30H46N2O7S/c1-7-40(38)16-13-22(31-26(35)20-10-11-24(33)25(34)18-20)27(36)32-15-8-9-23(32)28(37)39-19(2)17-21-12-14-29(3,4)30(21,5)6/h10-11,18-19,21-23,33-34H,7-9,12-17H2,1-6H3,(H,31,35). The second-order valence-electron chi connectivity index (χ2n) is 12.5. The van der Waals surface area contributed by atoms with E-state index in [1.807, 2.05) is 6.92 Å². The molecule has 2 amide bonds. The van der Waals surface area contributed by atoms with E-state index in [9.17, 15) is 28.8 Å². The minimum Gasteiger partial charge on any atom is -0.504 e. The van der Waals surface area contributed by atoms with Gasteiger partial charge in [-0.25, -0.2) is 4.79 Å². The van der Waals surface area contributed by atoms with Crippen LogP contribution in [0.5, 0.6) is 11.5 Å². The zero-order valence-corrected chi connectivity index (χ0v) is 25.5. The number of likely N-dealkylation sites (tertiary alicyclic amines) is 1. The molecule has 1 heterocycles. The Morgan fingerprint density at radius 3 is 2.45 bits per heavy atom. The highest BCUT2D eigenvalue weighted by Gasteiger charge is 2.49. The lowest BCUT2D eigenvalue weighted by molar-refractivity contribution is -0.158. The molecule has 10 heteroatoms. The molecule has 224 valence electrons. The lowest BCUT2D eigenvalue weighted by atomic mass is 9.66. The van der Waals surface area contributed by atoms with E-state index in [0.717, 1.165) is 25.3 Å². The molecule has 3 rings (SSSR count). The Morgan fingerprint density at radius 1 is 1.15 bits per heavy atom. The third-order valence-corrected chi connectivity index (χ3v) is 10.8. The first-order valence-corrected chi connectivity index (χ1v) is 15.9. The number of ether oxygens (including phenoxy) is 1. The SMILES string of the molecule is CCS(=O)CCC(NC(=O)c1ccc(O)c(O)c1)C(=O)N1CCCC1C(=O)OC(C)CC1CCC(C)(C)C1(C)C. The molecule has 40 heavy (non-hydrogen) atoms.